The van der Waals surface area contributed by atoms with Crippen molar-refractivity contribution in [2.24, 2.45) is 11.1 Å². The minimum atomic E-state index is -3.77. The van der Waals surface area contributed by atoms with Crippen LogP contribution in [-0.2, 0) is 14.8 Å². The van der Waals surface area contributed by atoms with Gasteiger partial charge in [0.05, 0.1) is 4.90 Å². The van der Waals surface area contributed by atoms with Gasteiger partial charge in [-0.05, 0) is 47.0 Å². The quantitative estimate of drug-likeness (QED) is 0.764. The summed E-state index contributed by atoms with van der Waals surface area (Å²) in [6.07, 6.45) is 3.59. The van der Waals surface area contributed by atoms with Crippen molar-refractivity contribution < 1.29 is 13.2 Å². The van der Waals surface area contributed by atoms with Crippen molar-refractivity contribution in [3.05, 3.63) is 22.7 Å². The molecule has 0 aromatic heterocycles. The van der Waals surface area contributed by atoms with Gasteiger partial charge in [0.2, 0.25) is 15.9 Å². The second-order valence-electron chi connectivity index (χ2n) is 4.95. The fourth-order valence-corrected chi connectivity index (χ4v) is 3.80. The minimum Gasteiger partial charge on any atom is -0.326 e. The number of primary sulfonamides is 1. The summed E-state index contributed by atoms with van der Waals surface area (Å²) in [5, 5.41) is 7.92. The van der Waals surface area contributed by atoms with Crippen LogP contribution in [-0.4, -0.2) is 14.3 Å². The number of hydrogen-bond donors (Lipinski definition) is 2. The summed E-state index contributed by atoms with van der Waals surface area (Å²) in [6, 6.07) is 4.47. The molecule has 1 aromatic rings. The zero-order valence-electron chi connectivity index (χ0n) is 12.2. The Labute approximate surface area is 134 Å². The molecule has 1 rings (SSSR count). The van der Waals surface area contributed by atoms with Crippen molar-refractivity contribution >= 4 is 37.5 Å². The van der Waals surface area contributed by atoms with Crippen LogP contribution < -0.4 is 10.5 Å². The van der Waals surface area contributed by atoms with Crippen molar-refractivity contribution in [1.82, 2.24) is 0 Å². The summed E-state index contributed by atoms with van der Waals surface area (Å²) >= 11 is 3.16. The van der Waals surface area contributed by atoms with E-state index in [1.54, 1.807) is 6.07 Å². The molecule has 0 saturated carbocycles. The zero-order valence-corrected chi connectivity index (χ0v) is 14.6. The first-order valence-corrected chi connectivity index (χ1v) is 9.26. The molecular formula is C14H21BrN2O3S. The Morgan fingerprint density at radius 3 is 2.29 bits per heavy atom. The predicted molar refractivity (Wildman–Crippen MR) is 87.5 cm³/mol. The van der Waals surface area contributed by atoms with Gasteiger partial charge in [0, 0.05) is 16.1 Å². The van der Waals surface area contributed by atoms with Crippen LogP contribution in [0, 0.1) is 5.92 Å². The van der Waals surface area contributed by atoms with Gasteiger partial charge in [-0.2, -0.15) is 0 Å². The number of rotatable bonds is 7. The number of hydrogen-bond acceptors (Lipinski definition) is 3. The van der Waals surface area contributed by atoms with E-state index < -0.39 is 10.0 Å². The fourth-order valence-electron chi connectivity index (χ4n) is 2.16. The molecule has 1 amide bonds. The second-order valence-corrected chi connectivity index (χ2v) is 7.34. The highest BCUT2D eigenvalue weighted by Gasteiger charge is 2.18. The van der Waals surface area contributed by atoms with Crippen molar-refractivity contribution in [3.8, 4) is 0 Å². The molecule has 5 nitrogen and oxygen atoms in total. The molecule has 0 aliphatic carbocycles. The van der Waals surface area contributed by atoms with E-state index in [9.17, 15) is 13.2 Å². The van der Waals surface area contributed by atoms with Crippen LogP contribution in [0.3, 0.4) is 0 Å². The number of amides is 1. The summed E-state index contributed by atoms with van der Waals surface area (Å²) in [5.74, 6) is -0.0503. The number of benzene rings is 1. The minimum absolute atomic E-state index is 0.000773. The molecule has 0 spiro atoms. The summed E-state index contributed by atoms with van der Waals surface area (Å²) in [5.41, 5.74) is 0.552. The van der Waals surface area contributed by atoms with Crippen LogP contribution in [0.4, 0.5) is 5.69 Å². The smallest absolute Gasteiger partial charge is 0.239 e. The highest BCUT2D eigenvalue weighted by atomic mass is 79.9. The number of nitrogens with one attached hydrogen (secondary N) is 1. The Morgan fingerprint density at radius 1 is 1.29 bits per heavy atom. The number of halogens is 1. The van der Waals surface area contributed by atoms with E-state index in [1.165, 1.54) is 12.1 Å². The maximum absolute atomic E-state index is 12.2. The summed E-state index contributed by atoms with van der Waals surface area (Å²) in [6.45, 7) is 4.10. The van der Waals surface area contributed by atoms with Gasteiger partial charge < -0.3 is 5.32 Å². The van der Waals surface area contributed by atoms with Gasteiger partial charge in [0.15, 0.2) is 0 Å². The second kappa shape index (κ2) is 7.91. The number of sulfonamides is 1. The predicted octanol–water partition coefficient (Wildman–Crippen LogP) is 3.25. The Balaban J connectivity index is 2.88. The Morgan fingerprint density at radius 2 is 1.86 bits per heavy atom. The van der Waals surface area contributed by atoms with Gasteiger partial charge in [0.25, 0.3) is 0 Å². The maximum Gasteiger partial charge on any atom is 0.239 e. The van der Waals surface area contributed by atoms with Gasteiger partial charge in [-0.1, -0.05) is 26.7 Å². The lowest BCUT2D eigenvalue weighted by Gasteiger charge is -2.15. The molecule has 7 heteroatoms. The molecule has 0 aliphatic heterocycles. The van der Waals surface area contributed by atoms with Crippen molar-refractivity contribution in [2.45, 2.75) is 44.4 Å². The first-order valence-electron chi connectivity index (χ1n) is 6.92. The van der Waals surface area contributed by atoms with Crippen LogP contribution in [0.2, 0.25) is 0 Å². The molecular weight excluding hydrogens is 356 g/mol. The molecule has 1 aromatic carbocycles. The number of carbonyl (C=O) groups excluding carboxylic acids is 1. The summed E-state index contributed by atoms with van der Waals surface area (Å²) in [4.78, 5) is 12.2. The average molecular weight is 377 g/mol. The third-order valence-corrected chi connectivity index (χ3v) is 5.04. The monoisotopic (exact) mass is 376 g/mol. The molecule has 0 fully saturated rings. The molecule has 0 saturated heterocycles. The first kappa shape index (κ1) is 18.1. The fraction of sp³-hybridized carbons (Fsp3) is 0.500. The van der Waals surface area contributed by atoms with Crippen molar-refractivity contribution in [1.29, 1.82) is 0 Å². The van der Waals surface area contributed by atoms with E-state index in [-0.39, 0.29) is 16.7 Å². The van der Waals surface area contributed by atoms with Crippen LogP contribution >= 0.6 is 15.9 Å². The lowest BCUT2D eigenvalue weighted by Crippen LogP contribution is -2.22. The van der Waals surface area contributed by atoms with Crippen LogP contribution in [0.25, 0.3) is 0 Å². The Kier molecular flexibility index (Phi) is 6.83. The largest absolute Gasteiger partial charge is 0.326 e. The number of anilines is 1. The van der Waals surface area contributed by atoms with E-state index in [4.69, 9.17) is 5.14 Å². The van der Waals surface area contributed by atoms with Crippen molar-refractivity contribution in [2.75, 3.05) is 5.32 Å². The molecule has 0 unspecified atom stereocenters. The maximum atomic E-state index is 12.2. The molecule has 21 heavy (non-hydrogen) atoms. The lowest BCUT2D eigenvalue weighted by molar-refractivity contribution is -0.120. The van der Waals surface area contributed by atoms with Gasteiger partial charge >= 0.3 is 0 Å². The number of nitrogens with two attached hydrogens (primary N) is 1. The Hall–Kier alpha value is -0.920. The molecule has 0 atom stereocenters. The zero-order chi connectivity index (χ0) is 16.0. The van der Waals surface area contributed by atoms with Gasteiger partial charge in [-0.3, -0.25) is 4.79 Å². The molecule has 3 N–H and O–H groups in total. The average Bonchev–Trinajstić information content (AvgIpc) is 2.37. The number of carbonyl (C=O) groups is 1. The van der Waals surface area contributed by atoms with E-state index in [1.807, 2.05) is 13.8 Å². The van der Waals surface area contributed by atoms with E-state index in [2.05, 4.69) is 21.2 Å². The first-order chi connectivity index (χ1) is 9.79. The van der Waals surface area contributed by atoms with E-state index in [0.29, 0.717) is 10.2 Å². The topological polar surface area (TPSA) is 89.3 Å². The van der Waals surface area contributed by atoms with Crippen LogP contribution in [0.1, 0.15) is 39.5 Å². The highest BCUT2D eigenvalue weighted by molar-refractivity contribution is 9.10. The van der Waals surface area contributed by atoms with Crippen molar-refractivity contribution in [3.63, 3.8) is 0 Å². The van der Waals surface area contributed by atoms with Crippen LogP contribution in [0.5, 0.6) is 0 Å². The summed E-state index contributed by atoms with van der Waals surface area (Å²) in [7, 11) is -3.77. The molecule has 0 heterocycles. The SMILES string of the molecule is CCCC(CCC)C(=O)Nc1ccc(S(N)(=O)=O)c(Br)c1. The van der Waals surface area contributed by atoms with Gasteiger partial charge in [0.1, 0.15) is 0 Å². The van der Waals surface area contributed by atoms with E-state index in [0.717, 1.165) is 25.7 Å². The molecule has 0 bridgehead atoms. The molecule has 0 radical (unpaired) electrons. The summed E-state index contributed by atoms with van der Waals surface area (Å²) < 4.78 is 23.0. The van der Waals surface area contributed by atoms with Gasteiger partial charge in [-0.15, -0.1) is 0 Å². The Bertz CT molecular complexity index is 596. The third kappa shape index (κ3) is 5.41. The normalized spacial score (nSPS) is 11.7. The highest BCUT2D eigenvalue weighted by Crippen LogP contribution is 2.25. The van der Waals surface area contributed by atoms with E-state index >= 15 is 0 Å². The molecule has 118 valence electrons. The molecule has 0 aliphatic rings. The van der Waals surface area contributed by atoms with Crippen LogP contribution in [0.15, 0.2) is 27.6 Å². The standard InChI is InChI=1S/C14H21BrN2O3S/c1-3-5-10(6-4-2)14(18)17-11-7-8-13(12(15)9-11)21(16,19)20/h7-10H,3-6H2,1-2H3,(H,17,18)(H2,16,19,20). The van der Waals surface area contributed by atoms with Gasteiger partial charge in [-0.25, -0.2) is 13.6 Å². The third-order valence-electron chi connectivity index (χ3n) is 3.15. The lowest BCUT2D eigenvalue weighted by atomic mass is 9.97.